The third-order valence-electron chi connectivity index (χ3n) is 4.02. The first-order valence-corrected chi connectivity index (χ1v) is 13.1. The maximum Gasteiger partial charge on any atom is 0.414 e. The van der Waals surface area contributed by atoms with Gasteiger partial charge in [0.2, 0.25) is 15.0 Å². The third kappa shape index (κ3) is 7.39. The molecular weight excluding hydrogens is 408 g/mol. The minimum Gasteiger partial charge on any atom is -0.547 e. The molecule has 1 aromatic carbocycles. The monoisotopic (exact) mass is 442 g/mol. The summed E-state index contributed by atoms with van der Waals surface area (Å²) in [5.41, 5.74) is 8.50. The molecule has 0 unspecified atom stereocenters. The Morgan fingerprint density at radius 1 is 1.13 bits per heavy atom. The second-order valence-corrected chi connectivity index (χ2v) is 12.0. The molecule has 0 saturated heterocycles. The van der Waals surface area contributed by atoms with Crippen molar-refractivity contribution in [2.24, 2.45) is 10.7 Å². The molecular formula is C23H34N4O3Si. The van der Waals surface area contributed by atoms with Crippen LogP contribution in [0, 0.1) is 0 Å². The van der Waals surface area contributed by atoms with Gasteiger partial charge in [-0.05, 0) is 57.5 Å². The highest BCUT2D eigenvalue weighted by Gasteiger charge is 2.25. The van der Waals surface area contributed by atoms with Crippen LogP contribution < -0.4 is 15.5 Å². The molecule has 0 aliphatic rings. The maximum atomic E-state index is 11.9. The number of carbonyl (C=O) groups is 1. The quantitative estimate of drug-likeness (QED) is 0.399. The average molecular weight is 443 g/mol. The molecule has 0 fully saturated rings. The lowest BCUT2D eigenvalue weighted by Gasteiger charge is -2.26. The van der Waals surface area contributed by atoms with Crippen molar-refractivity contribution in [3.8, 4) is 17.0 Å². The number of hydrogen-bond donors (Lipinski definition) is 2. The Labute approximate surface area is 186 Å². The Morgan fingerprint density at radius 2 is 1.81 bits per heavy atom. The topological polar surface area (TPSA) is 98.8 Å². The van der Waals surface area contributed by atoms with E-state index in [0.29, 0.717) is 5.69 Å². The van der Waals surface area contributed by atoms with Gasteiger partial charge >= 0.3 is 6.09 Å². The molecule has 7 nitrogen and oxygen atoms in total. The van der Waals surface area contributed by atoms with Gasteiger partial charge in [0, 0.05) is 17.3 Å². The lowest BCUT2D eigenvalue weighted by molar-refractivity contribution is 0.0562. The van der Waals surface area contributed by atoms with Crippen molar-refractivity contribution >= 4 is 26.8 Å². The summed E-state index contributed by atoms with van der Waals surface area (Å²) in [6.45, 7) is 16.1. The number of nitrogens with zero attached hydrogens (tertiary/aromatic N) is 2. The smallest absolute Gasteiger partial charge is 0.414 e. The molecule has 168 valence electrons. The highest BCUT2D eigenvalue weighted by Crippen LogP contribution is 2.39. The lowest BCUT2D eigenvalue weighted by Crippen LogP contribution is -2.40. The number of guanidine groups is 1. The standard InChI is InChI=1S/C23H34N4O3Si/c1-22(2,3)18-17(30-31(7)8)12-13-25-19(18)15-10-9-11-16(14-15)26-20(24)27-21(28)29-23(4,5)6/h9-14,31H,1-8H3,(H3,24,26,27,28). The van der Waals surface area contributed by atoms with Crippen molar-refractivity contribution in [3.05, 3.63) is 42.1 Å². The molecule has 1 aromatic heterocycles. The summed E-state index contributed by atoms with van der Waals surface area (Å²) in [6, 6.07) is 9.49. The van der Waals surface area contributed by atoms with Crippen LogP contribution in [-0.4, -0.2) is 31.7 Å². The first-order chi connectivity index (χ1) is 14.3. The second-order valence-electron chi connectivity index (χ2n) is 9.62. The van der Waals surface area contributed by atoms with Crippen molar-refractivity contribution in [1.82, 2.24) is 10.3 Å². The summed E-state index contributed by atoms with van der Waals surface area (Å²) in [4.78, 5) is 20.9. The molecule has 8 heteroatoms. The van der Waals surface area contributed by atoms with Gasteiger partial charge in [0.1, 0.15) is 11.4 Å². The number of benzene rings is 1. The van der Waals surface area contributed by atoms with Crippen LogP contribution in [0.4, 0.5) is 10.5 Å². The Hall–Kier alpha value is -2.87. The summed E-state index contributed by atoms with van der Waals surface area (Å²) in [5.74, 6) is 0.831. The van der Waals surface area contributed by atoms with Crippen LogP contribution in [0.2, 0.25) is 13.1 Å². The summed E-state index contributed by atoms with van der Waals surface area (Å²) in [7, 11) is -1.29. The third-order valence-corrected chi connectivity index (χ3v) is 4.75. The molecule has 1 amide bonds. The fraction of sp³-hybridized carbons (Fsp3) is 0.435. The van der Waals surface area contributed by atoms with E-state index in [2.05, 4.69) is 49.2 Å². The van der Waals surface area contributed by atoms with Gasteiger partial charge in [-0.25, -0.2) is 9.79 Å². The number of aliphatic imine (C=N–C) groups is 1. The van der Waals surface area contributed by atoms with Gasteiger partial charge in [0.15, 0.2) is 0 Å². The first kappa shape index (κ1) is 24.4. The predicted octanol–water partition coefficient (Wildman–Crippen LogP) is 4.88. The van der Waals surface area contributed by atoms with E-state index in [1.807, 2.05) is 30.3 Å². The van der Waals surface area contributed by atoms with E-state index < -0.39 is 20.7 Å². The Kier molecular flexibility index (Phi) is 7.48. The number of hydrogen-bond acceptors (Lipinski definition) is 5. The molecule has 0 aliphatic carbocycles. The number of alkyl carbamates (subject to hydrolysis) is 1. The van der Waals surface area contributed by atoms with E-state index in [-0.39, 0.29) is 11.4 Å². The van der Waals surface area contributed by atoms with Crippen LogP contribution in [0.15, 0.2) is 41.5 Å². The fourth-order valence-corrected chi connectivity index (χ4v) is 3.74. The van der Waals surface area contributed by atoms with Crippen LogP contribution in [0.3, 0.4) is 0 Å². The van der Waals surface area contributed by atoms with Crippen LogP contribution in [-0.2, 0) is 10.2 Å². The highest BCUT2D eigenvalue weighted by molar-refractivity contribution is 6.49. The van der Waals surface area contributed by atoms with Crippen molar-refractivity contribution in [2.45, 2.75) is 65.7 Å². The summed E-state index contributed by atoms with van der Waals surface area (Å²) >= 11 is 0. The molecule has 0 radical (unpaired) electrons. The van der Waals surface area contributed by atoms with E-state index in [1.54, 1.807) is 27.0 Å². The zero-order chi connectivity index (χ0) is 23.4. The maximum absolute atomic E-state index is 11.9. The van der Waals surface area contributed by atoms with Gasteiger partial charge in [0.25, 0.3) is 0 Å². The molecule has 1 heterocycles. The van der Waals surface area contributed by atoms with E-state index in [0.717, 1.165) is 22.6 Å². The highest BCUT2D eigenvalue weighted by atomic mass is 28.3. The van der Waals surface area contributed by atoms with Crippen molar-refractivity contribution in [2.75, 3.05) is 0 Å². The molecule has 3 N–H and O–H groups in total. The summed E-state index contributed by atoms with van der Waals surface area (Å²) in [6.07, 6.45) is 1.12. The Balaban J connectivity index is 2.41. The number of carbonyl (C=O) groups excluding carboxylic acids is 1. The lowest BCUT2D eigenvalue weighted by atomic mass is 9.83. The summed E-state index contributed by atoms with van der Waals surface area (Å²) < 4.78 is 11.4. The zero-order valence-electron chi connectivity index (χ0n) is 19.7. The zero-order valence-corrected chi connectivity index (χ0v) is 20.9. The first-order valence-electron chi connectivity index (χ1n) is 10.4. The molecule has 2 rings (SSSR count). The molecule has 2 aromatic rings. The van der Waals surface area contributed by atoms with Crippen molar-refractivity contribution in [3.63, 3.8) is 0 Å². The van der Waals surface area contributed by atoms with Gasteiger partial charge in [-0.3, -0.25) is 10.3 Å². The summed E-state index contributed by atoms with van der Waals surface area (Å²) in [5, 5.41) is 2.45. The van der Waals surface area contributed by atoms with Crippen LogP contribution >= 0.6 is 0 Å². The largest absolute Gasteiger partial charge is 0.547 e. The SMILES string of the molecule is C[SiH](C)Oc1ccnc(-c2cccc(/N=C(\N)NC(=O)OC(C)(C)C)c2)c1C(C)(C)C. The van der Waals surface area contributed by atoms with Crippen LogP contribution in [0.5, 0.6) is 5.75 Å². The molecule has 0 atom stereocenters. The number of aromatic nitrogens is 1. The van der Waals surface area contributed by atoms with Gasteiger partial charge in [0.05, 0.1) is 11.4 Å². The van der Waals surface area contributed by atoms with Gasteiger partial charge in [-0.2, -0.15) is 0 Å². The van der Waals surface area contributed by atoms with Gasteiger partial charge in [-0.1, -0.05) is 32.9 Å². The van der Waals surface area contributed by atoms with Crippen molar-refractivity contribution < 1.29 is 14.0 Å². The van der Waals surface area contributed by atoms with Gasteiger partial charge < -0.3 is 14.9 Å². The average Bonchev–Trinajstić information content (AvgIpc) is 2.58. The number of nitrogens with two attached hydrogens (primary N) is 1. The van der Waals surface area contributed by atoms with E-state index in [1.165, 1.54) is 0 Å². The normalized spacial score (nSPS) is 12.6. The van der Waals surface area contributed by atoms with Crippen molar-refractivity contribution in [1.29, 1.82) is 0 Å². The van der Waals surface area contributed by atoms with E-state index >= 15 is 0 Å². The number of nitrogens with one attached hydrogen (secondary N) is 1. The molecule has 0 spiro atoms. The Bertz CT molecular complexity index is 960. The van der Waals surface area contributed by atoms with Gasteiger partial charge in [-0.15, -0.1) is 0 Å². The van der Waals surface area contributed by atoms with Crippen LogP contribution in [0.1, 0.15) is 47.1 Å². The number of rotatable bonds is 4. The number of amides is 1. The fourth-order valence-electron chi connectivity index (χ4n) is 3.04. The molecule has 0 bridgehead atoms. The van der Waals surface area contributed by atoms with E-state index in [9.17, 15) is 4.79 Å². The number of ether oxygens (including phenoxy) is 1. The van der Waals surface area contributed by atoms with E-state index in [4.69, 9.17) is 14.9 Å². The minimum absolute atomic E-state index is 0.0432. The molecule has 0 aliphatic heterocycles. The predicted molar refractivity (Wildman–Crippen MR) is 129 cm³/mol. The minimum atomic E-state index is -1.29. The molecule has 0 saturated carbocycles. The van der Waals surface area contributed by atoms with Crippen LogP contribution in [0.25, 0.3) is 11.3 Å². The number of pyridine rings is 1. The molecule has 31 heavy (non-hydrogen) atoms. The Morgan fingerprint density at radius 3 is 2.39 bits per heavy atom. The second kappa shape index (κ2) is 9.51.